The van der Waals surface area contributed by atoms with Gasteiger partial charge in [0.2, 0.25) is 5.91 Å². The maximum atomic E-state index is 12.4. The lowest BCUT2D eigenvalue weighted by atomic mass is 10.1. The highest BCUT2D eigenvalue weighted by atomic mass is 16.2. The van der Waals surface area contributed by atoms with Crippen molar-refractivity contribution in [2.45, 2.75) is 20.3 Å². The molecular weight excluding hydrogens is 362 g/mol. The molecule has 2 amide bonds. The van der Waals surface area contributed by atoms with Crippen molar-refractivity contribution in [1.29, 1.82) is 0 Å². The van der Waals surface area contributed by atoms with E-state index in [-0.39, 0.29) is 18.4 Å². The normalized spacial score (nSPS) is 10.3. The molecule has 0 fully saturated rings. The fourth-order valence-corrected chi connectivity index (χ4v) is 3.07. The summed E-state index contributed by atoms with van der Waals surface area (Å²) in [5.41, 5.74) is 5.05. The Labute approximate surface area is 171 Å². The molecule has 0 bridgehead atoms. The average Bonchev–Trinajstić information content (AvgIpc) is 2.74. The van der Waals surface area contributed by atoms with Crippen LogP contribution in [0.5, 0.6) is 0 Å². The van der Waals surface area contributed by atoms with Crippen LogP contribution in [-0.4, -0.2) is 18.4 Å². The predicted molar refractivity (Wildman–Crippen MR) is 119 cm³/mol. The summed E-state index contributed by atoms with van der Waals surface area (Å²) < 4.78 is 0. The number of hydrogen-bond donors (Lipinski definition) is 3. The number of carbonyl (C=O) groups is 2. The highest BCUT2D eigenvalue weighted by molar-refractivity contribution is 6.04. The number of nitrogens with one attached hydrogen (secondary N) is 3. The van der Waals surface area contributed by atoms with E-state index in [9.17, 15) is 9.59 Å². The van der Waals surface area contributed by atoms with E-state index < -0.39 is 0 Å². The number of hydrogen-bond acceptors (Lipinski definition) is 3. The number of anilines is 3. The van der Waals surface area contributed by atoms with Gasteiger partial charge in [-0.1, -0.05) is 49.4 Å². The third kappa shape index (κ3) is 5.45. The van der Waals surface area contributed by atoms with E-state index in [1.807, 2.05) is 61.5 Å². The minimum atomic E-state index is -0.174. The molecule has 0 radical (unpaired) electrons. The summed E-state index contributed by atoms with van der Waals surface area (Å²) in [6.45, 7) is 4.19. The van der Waals surface area contributed by atoms with Gasteiger partial charge in [0.1, 0.15) is 0 Å². The first-order valence-electron chi connectivity index (χ1n) is 9.65. The molecule has 148 valence electrons. The molecule has 0 unspecified atom stereocenters. The van der Waals surface area contributed by atoms with Gasteiger partial charge in [-0.3, -0.25) is 9.59 Å². The molecule has 3 aromatic carbocycles. The average molecular weight is 387 g/mol. The zero-order valence-corrected chi connectivity index (χ0v) is 16.7. The van der Waals surface area contributed by atoms with Crippen LogP contribution < -0.4 is 16.0 Å². The molecule has 5 nitrogen and oxygen atoms in total. The highest BCUT2D eigenvalue weighted by Gasteiger charge is 2.09. The van der Waals surface area contributed by atoms with Crippen LogP contribution in [0.25, 0.3) is 0 Å². The Hall–Kier alpha value is -3.60. The van der Waals surface area contributed by atoms with E-state index in [0.717, 1.165) is 28.9 Å². The summed E-state index contributed by atoms with van der Waals surface area (Å²) in [6.07, 6.45) is 0.855. The zero-order chi connectivity index (χ0) is 20.6. The third-order valence-electron chi connectivity index (χ3n) is 4.61. The van der Waals surface area contributed by atoms with E-state index in [2.05, 4.69) is 22.9 Å². The second-order valence-electron chi connectivity index (χ2n) is 6.77. The summed E-state index contributed by atoms with van der Waals surface area (Å²) in [4.78, 5) is 24.7. The van der Waals surface area contributed by atoms with Crippen molar-refractivity contribution >= 4 is 28.9 Å². The lowest BCUT2D eigenvalue weighted by Crippen LogP contribution is -2.23. The minimum Gasteiger partial charge on any atom is -0.376 e. The monoisotopic (exact) mass is 387 g/mol. The van der Waals surface area contributed by atoms with Crippen LogP contribution in [-0.2, 0) is 11.2 Å². The highest BCUT2D eigenvalue weighted by Crippen LogP contribution is 2.21. The molecule has 3 rings (SSSR count). The Morgan fingerprint density at radius 1 is 0.828 bits per heavy atom. The molecule has 0 aliphatic heterocycles. The van der Waals surface area contributed by atoms with Crippen LogP contribution in [0.4, 0.5) is 17.1 Å². The number of aryl methyl sites for hydroxylation is 2. The molecule has 0 aliphatic carbocycles. The van der Waals surface area contributed by atoms with Gasteiger partial charge in [-0.2, -0.15) is 0 Å². The SMILES string of the molecule is CCc1cccc(C)c1NC(=O)CNc1cccc(NC(=O)c2ccccc2)c1. The van der Waals surface area contributed by atoms with Gasteiger partial charge in [-0.15, -0.1) is 0 Å². The molecule has 0 saturated carbocycles. The predicted octanol–water partition coefficient (Wildman–Crippen LogP) is 4.86. The van der Waals surface area contributed by atoms with Crippen molar-refractivity contribution in [3.8, 4) is 0 Å². The van der Waals surface area contributed by atoms with Crippen molar-refractivity contribution in [3.05, 3.63) is 89.5 Å². The number of rotatable bonds is 7. The van der Waals surface area contributed by atoms with Gasteiger partial charge in [0.15, 0.2) is 0 Å². The van der Waals surface area contributed by atoms with Crippen molar-refractivity contribution in [2.24, 2.45) is 0 Å². The van der Waals surface area contributed by atoms with Gasteiger partial charge in [-0.25, -0.2) is 0 Å². The standard InChI is InChI=1S/C24H25N3O2/c1-3-18-12-7-9-17(2)23(18)27-22(28)16-25-20-13-8-14-21(15-20)26-24(29)19-10-5-4-6-11-19/h4-15,25H,3,16H2,1-2H3,(H,26,29)(H,27,28). The molecular formula is C24H25N3O2. The third-order valence-corrected chi connectivity index (χ3v) is 4.61. The van der Waals surface area contributed by atoms with Crippen LogP contribution in [0.15, 0.2) is 72.8 Å². The van der Waals surface area contributed by atoms with Crippen molar-refractivity contribution in [1.82, 2.24) is 0 Å². The molecule has 0 saturated heterocycles. The molecule has 3 N–H and O–H groups in total. The van der Waals surface area contributed by atoms with Crippen LogP contribution in [0.2, 0.25) is 0 Å². The smallest absolute Gasteiger partial charge is 0.255 e. The van der Waals surface area contributed by atoms with Gasteiger partial charge in [0, 0.05) is 22.6 Å². The molecule has 5 heteroatoms. The Kier molecular flexibility index (Phi) is 6.63. The van der Waals surface area contributed by atoms with Crippen LogP contribution >= 0.6 is 0 Å². The summed E-state index contributed by atoms with van der Waals surface area (Å²) in [7, 11) is 0. The lowest BCUT2D eigenvalue weighted by Gasteiger charge is -2.14. The lowest BCUT2D eigenvalue weighted by molar-refractivity contribution is -0.114. The molecule has 0 spiro atoms. The van der Waals surface area contributed by atoms with Crippen LogP contribution in [0.1, 0.15) is 28.4 Å². The Morgan fingerprint density at radius 3 is 2.31 bits per heavy atom. The van der Waals surface area contributed by atoms with Crippen molar-refractivity contribution in [2.75, 3.05) is 22.5 Å². The second kappa shape index (κ2) is 9.55. The van der Waals surface area contributed by atoms with Gasteiger partial charge in [0.05, 0.1) is 6.54 Å². The molecule has 0 aromatic heterocycles. The first-order valence-corrected chi connectivity index (χ1v) is 9.65. The topological polar surface area (TPSA) is 70.2 Å². The van der Waals surface area contributed by atoms with Crippen LogP contribution in [0.3, 0.4) is 0 Å². The van der Waals surface area contributed by atoms with Gasteiger partial charge in [0.25, 0.3) is 5.91 Å². The Bertz CT molecular complexity index is 1000. The van der Waals surface area contributed by atoms with Crippen molar-refractivity contribution < 1.29 is 9.59 Å². The summed E-state index contributed by atoms with van der Waals surface area (Å²) in [5.74, 6) is -0.292. The maximum absolute atomic E-state index is 12.4. The van der Waals surface area contributed by atoms with Crippen molar-refractivity contribution in [3.63, 3.8) is 0 Å². The molecule has 0 heterocycles. The van der Waals surface area contributed by atoms with Gasteiger partial charge in [-0.05, 0) is 54.8 Å². The van der Waals surface area contributed by atoms with E-state index in [1.54, 1.807) is 18.2 Å². The number of amides is 2. The summed E-state index contributed by atoms with van der Waals surface area (Å²) >= 11 is 0. The maximum Gasteiger partial charge on any atom is 0.255 e. The minimum absolute atomic E-state index is 0.118. The molecule has 29 heavy (non-hydrogen) atoms. The van der Waals surface area contributed by atoms with Gasteiger partial charge >= 0.3 is 0 Å². The Morgan fingerprint density at radius 2 is 1.55 bits per heavy atom. The Balaban J connectivity index is 1.59. The largest absolute Gasteiger partial charge is 0.376 e. The van der Waals surface area contributed by atoms with Crippen LogP contribution in [0, 0.1) is 6.92 Å². The zero-order valence-electron chi connectivity index (χ0n) is 16.7. The van der Waals surface area contributed by atoms with Gasteiger partial charge < -0.3 is 16.0 Å². The second-order valence-corrected chi connectivity index (χ2v) is 6.77. The molecule has 0 atom stereocenters. The number of carbonyl (C=O) groups excluding carboxylic acids is 2. The quantitative estimate of drug-likeness (QED) is 0.542. The van der Waals surface area contributed by atoms with E-state index >= 15 is 0 Å². The first-order chi connectivity index (χ1) is 14.1. The molecule has 0 aliphatic rings. The summed E-state index contributed by atoms with van der Waals surface area (Å²) in [5, 5.41) is 8.98. The fourth-order valence-electron chi connectivity index (χ4n) is 3.07. The fraction of sp³-hybridized carbons (Fsp3) is 0.167. The first kappa shape index (κ1) is 20.1. The van der Waals surface area contributed by atoms with E-state index in [1.165, 1.54) is 0 Å². The number of benzene rings is 3. The molecule has 3 aromatic rings. The van der Waals surface area contributed by atoms with E-state index in [4.69, 9.17) is 0 Å². The van der Waals surface area contributed by atoms with E-state index in [0.29, 0.717) is 11.3 Å². The number of para-hydroxylation sites is 1. The summed E-state index contributed by atoms with van der Waals surface area (Å²) in [6, 6.07) is 22.4.